The first-order valence-corrected chi connectivity index (χ1v) is 5.30. The van der Waals surface area contributed by atoms with Crippen LogP contribution in [0.3, 0.4) is 0 Å². The lowest BCUT2D eigenvalue weighted by Crippen LogP contribution is -2.45. The number of nitrogens with two attached hydrogens (primary N) is 1. The Balaban J connectivity index is 2.89. The van der Waals surface area contributed by atoms with Gasteiger partial charge in [0, 0.05) is 0 Å². The second-order valence-corrected chi connectivity index (χ2v) is 3.95. The normalized spacial score (nSPS) is 11.5. The topological polar surface area (TPSA) is 91.4 Å². The molecular formula is C11H19N3O2. The number of nitrogen functional groups attached to an aromatic ring is 1. The van der Waals surface area contributed by atoms with Gasteiger partial charge in [0.05, 0.1) is 30.1 Å². The van der Waals surface area contributed by atoms with E-state index in [1.165, 1.54) is 0 Å². The Morgan fingerprint density at radius 1 is 1.38 bits per heavy atom. The molecule has 0 spiro atoms. The van der Waals surface area contributed by atoms with E-state index in [-0.39, 0.29) is 13.2 Å². The molecule has 5 nitrogen and oxygen atoms in total. The number of rotatable bonds is 5. The highest BCUT2D eigenvalue weighted by molar-refractivity contribution is 5.50. The van der Waals surface area contributed by atoms with Gasteiger partial charge < -0.3 is 21.3 Å². The molecule has 0 aliphatic rings. The van der Waals surface area contributed by atoms with E-state index in [0.717, 1.165) is 5.69 Å². The molecule has 1 rings (SSSR count). The molecule has 0 unspecified atom stereocenters. The molecule has 0 saturated carbocycles. The van der Waals surface area contributed by atoms with Crippen molar-refractivity contribution in [2.45, 2.75) is 25.8 Å². The van der Waals surface area contributed by atoms with Crippen LogP contribution in [0.2, 0.25) is 0 Å². The molecular weight excluding hydrogens is 206 g/mol. The van der Waals surface area contributed by atoms with E-state index in [2.05, 4.69) is 10.3 Å². The minimum atomic E-state index is -0.727. The summed E-state index contributed by atoms with van der Waals surface area (Å²) in [6.07, 6.45) is 0.602. The Labute approximate surface area is 95.3 Å². The van der Waals surface area contributed by atoms with Gasteiger partial charge in [-0.1, -0.05) is 6.92 Å². The number of aliphatic hydroxyl groups is 2. The first-order chi connectivity index (χ1) is 7.56. The fourth-order valence-corrected chi connectivity index (χ4v) is 1.35. The summed E-state index contributed by atoms with van der Waals surface area (Å²) < 4.78 is 0. The number of nitrogens with zero attached hydrogens (tertiary/aromatic N) is 1. The van der Waals surface area contributed by atoms with Crippen molar-refractivity contribution in [3.8, 4) is 0 Å². The van der Waals surface area contributed by atoms with Crippen LogP contribution >= 0.6 is 0 Å². The molecule has 0 aromatic carbocycles. The van der Waals surface area contributed by atoms with Crippen LogP contribution in [0.4, 0.5) is 11.5 Å². The van der Waals surface area contributed by atoms with E-state index in [4.69, 9.17) is 5.73 Å². The van der Waals surface area contributed by atoms with Gasteiger partial charge in [-0.05, 0) is 25.5 Å². The quantitative estimate of drug-likeness (QED) is 0.586. The molecule has 0 atom stereocenters. The SMILES string of the molecule is CCC(CO)(CO)Nc1ccc(N)c(C)n1. The van der Waals surface area contributed by atoms with Gasteiger partial charge in [0.25, 0.3) is 0 Å². The van der Waals surface area contributed by atoms with Crippen molar-refractivity contribution in [1.82, 2.24) is 4.98 Å². The van der Waals surface area contributed by atoms with E-state index in [1.54, 1.807) is 12.1 Å². The maximum Gasteiger partial charge on any atom is 0.126 e. The third kappa shape index (κ3) is 2.62. The van der Waals surface area contributed by atoms with Crippen molar-refractivity contribution < 1.29 is 10.2 Å². The summed E-state index contributed by atoms with van der Waals surface area (Å²) >= 11 is 0. The van der Waals surface area contributed by atoms with Crippen LogP contribution in [0.25, 0.3) is 0 Å². The fraction of sp³-hybridized carbons (Fsp3) is 0.545. The summed E-state index contributed by atoms with van der Waals surface area (Å²) in [6.45, 7) is 3.41. The van der Waals surface area contributed by atoms with Crippen molar-refractivity contribution in [3.63, 3.8) is 0 Å². The van der Waals surface area contributed by atoms with Crippen LogP contribution in [-0.4, -0.2) is 33.9 Å². The molecule has 0 saturated heterocycles. The van der Waals surface area contributed by atoms with Crippen molar-refractivity contribution in [3.05, 3.63) is 17.8 Å². The highest BCUT2D eigenvalue weighted by Gasteiger charge is 2.26. The number of aryl methyl sites for hydroxylation is 1. The molecule has 1 heterocycles. The van der Waals surface area contributed by atoms with Crippen molar-refractivity contribution in [2.75, 3.05) is 24.3 Å². The Bertz CT molecular complexity index is 343. The van der Waals surface area contributed by atoms with E-state index >= 15 is 0 Å². The van der Waals surface area contributed by atoms with Crippen molar-refractivity contribution >= 4 is 11.5 Å². The lowest BCUT2D eigenvalue weighted by molar-refractivity contribution is 0.132. The maximum absolute atomic E-state index is 9.29. The number of pyridine rings is 1. The number of hydrogen-bond donors (Lipinski definition) is 4. The van der Waals surface area contributed by atoms with Crippen LogP contribution in [0.1, 0.15) is 19.0 Å². The zero-order valence-electron chi connectivity index (χ0n) is 9.70. The van der Waals surface area contributed by atoms with E-state index in [1.807, 2.05) is 13.8 Å². The summed E-state index contributed by atoms with van der Waals surface area (Å²) in [5.74, 6) is 0.608. The molecule has 0 aliphatic carbocycles. The molecule has 90 valence electrons. The number of aliphatic hydroxyl groups excluding tert-OH is 2. The molecule has 0 radical (unpaired) electrons. The minimum absolute atomic E-state index is 0.148. The van der Waals surface area contributed by atoms with Gasteiger partial charge >= 0.3 is 0 Å². The molecule has 0 bridgehead atoms. The Hall–Kier alpha value is -1.33. The lowest BCUT2D eigenvalue weighted by atomic mass is 9.98. The third-order valence-corrected chi connectivity index (χ3v) is 2.80. The average Bonchev–Trinajstić information content (AvgIpc) is 2.31. The molecule has 1 aromatic rings. The molecule has 5 heteroatoms. The monoisotopic (exact) mass is 225 g/mol. The second-order valence-electron chi connectivity index (χ2n) is 3.95. The summed E-state index contributed by atoms with van der Waals surface area (Å²) in [7, 11) is 0. The average molecular weight is 225 g/mol. The molecule has 0 fully saturated rings. The van der Waals surface area contributed by atoms with Gasteiger partial charge in [0.1, 0.15) is 5.82 Å². The maximum atomic E-state index is 9.29. The van der Waals surface area contributed by atoms with E-state index in [9.17, 15) is 10.2 Å². The largest absolute Gasteiger partial charge is 0.397 e. The standard InChI is InChI=1S/C11H19N3O2/c1-3-11(6-15,7-16)14-10-5-4-9(12)8(2)13-10/h4-5,15-16H,3,6-7,12H2,1-2H3,(H,13,14). The Morgan fingerprint density at radius 2 is 2.00 bits per heavy atom. The van der Waals surface area contributed by atoms with Gasteiger partial charge in [-0.25, -0.2) is 4.98 Å². The predicted octanol–water partition coefficient (Wildman–Crippen LogP) is 0.518. The van der Waals surface area contributed by atoms with Gasteiger partial charge in [0.15, 0.2) is 0 Å². The van der Waals surface area contributed by atoms with Crippen LogP contribution < -0.4 is 11.1 Å². The lowest BCUT2D eigenvalue weighted by Gasteiger charge is -2.30. The van der Waals surface area contributed by atoms with Gasteiger partial charge in [0.2, 0.25) is 0 Å². The van der Waals surface area contributed by atoms with Crippen LogP contribution in [0.15, 0.2) is 12.1 Å². The second kappa shape index (κ2) is 5.14. The van der Waals surface area contributed by atoms with Gasteiger partial charge in [-0.2, -0.15) is 0 Å². The highest BCUT2D eigenvalue weighted by Crippen LogP contribution is 2.18. The fourth-order valence-electron chi connectivity index (χ4n) is 1.35. The van der Waals surface area contributed by atoms with Crippen molar-refractivity contribution in [2.24, 2.45) is 0 Å². The number of anilines is 2. The molecule has 5 N–H and O–H groups in total. The summed E-state index contributed by atoms with van der Waals surface area (Å²) in [4.78, 5) is 4.24. The van der Waals surface area contributed by atoms with Crippen LogP contribution in [0.5, 0.6) is 0 Å². The van der Waals surface area contributed by atoms with Crippen LogP contribution in [-0.2, 0) is 0 Å². The summed E-state index contributed by atoms with van der Waals surface area (Å²) in [5.41, 5.74) is 6.29. The molecule has 0 aliphatic heterocycles. The highest BCUT2D eigenvalue weighted by atomic mass is 16.3. The summed E-state index contributed by atoms with van der Waals surface area (Å²) in [5, 5.41) is 21.6. The minimum Gasteiger partial charge on any atom is -0.397 e. The molecule has 0 amide bonds. The van der Waals surface area contributed by atoms with Crippen molar-refractivity contribution in [1.29, 1.82) is 0 Å². The predicted molar refractivity (Wildman–Crippen MR) is 64.2 cm³/mol. The van der Waals surface area contributed by atoms with E-state index < -0.39 is 5.54 Å². The first-order valence-electron chi connectivity index (χ1n) is 5.30. The molecule has 16 heavy (non-hydrogen) atoms. The zero-order valence-corrected chi connectivity index (χ0v) is 9.70. The first kappa shape index (κ1) is 12.7. The molecule has 1 aromatic heterocycles. The Morgan fingerprint density at radius 3 is 2.44 bits per heavy atom. The zero-order chi connectivity index (χ0) is 12.2. The van der Waals surface area contributed by atoms with Gasteiger partial charge in [-0.15, -0.1) is 0 Å². The van der Waals surface area contributed by atoms with Gasteiger partial charge in [-0.3, -0.25) is 0 Å². The number of nitrogens with one attached hydrogen (secondary N) is 1. The number of hydrogen-bond acceptors (Lipinski definition) is 5. The number of aromatic nitrogens is 1. The Kier molecular flexibility index (Phi) is 4.09. The summed E-state index contributed by atoms with van der Waals surface area (Å²) in [6, 6.07) is 3.48. The van der Waals surface area contributed by atoms with Crippen LogP contribution in [0, 0.1) is 6.92 Å². The van der Waals surface area contributed by atoms with E-state index in [0.29, 0.717) is 17.9 Å². The smallest absolute Gasteiger partial charge is 0.126 e. The third-order valence-electron chi connectivity index (χ3n) is 2.80.